The van der Waals surface area contributed by atoms with Crippen LogP contribution in [0, 0.1) is 11.8 Å². The van der Waals surface area contributed by atoms with E-state index >= 15 is 0 Å². The number of nitrogens with zero attached hydrogens (tertiary/aromatic N) is 2. The van der Waals surface area contributed by atoms with E-state index in [1.165, 1.54) is 0 Å². The lowest BCUT2D eigenvalue weighted by Crippen LogP contribution is -2.54. The van der Waals surface area contributed by atoms with Crippen molar-refractivity contribution in [2.75, 3.05) is 44.8 Å². The highest BCUT2D eigenvalue weighted by Gasteiger charge is 2.46. The van der Waals surface area contributed by atoms with E-state index in [1.54, 1.807) is 4.90 Å². The average molecular weight is 358 g/mol. The summed E-state index contributed by atoms with van der Waals surface area (Å²) in [7, 11) is -3.17. The Morgan fingerprint density at radius 1 is 1.12 bits per heavy atom. The molecule has 8 heteroatoms. The van der Waals surface area contributed by atoms with Gasteiger partial charge >= 0.3 is 0 Å². The van der Waals surface area contributed by atoms with E-state index in [1.807, 2.05) is 4.90 Å². The molecule has 0 saturated carbocycles. The van der Waals surface area contributed by atoms with Crippen molar-refractivity contribution in [2.45, 2.75) is 31.8 Å². The fourth-order valence-corrected chi connectivity index (χ4v) is 4.59. The Hall–Kier alpha value is -1.15. The summed E-state index contributed by atoms with van der Waals surface area (Å²) in [5.74, 6) is -0.257. The van der Waals surface area contributed by atoms with Crippen LogP contribution in [-0.2, 0) is 24.2 Å². The van der Waals surface area contributed by atoms with Crippen molar-refractivity contribution in [3.63, 3.8) is 0 Å². The van der Waals surface area contributed by atoms with Crippen LogP contribution in [0.3, 0.4) is 0 Å². The number of piperidine rings is 1. The van der Waals surface area contributed by atoms with Crippen LogP contribution >= 0.6 is 0 Å². The summed E-state index contributed by atoms with van der Waals surface area (Å²) in [5, 5.41) is 0. The number of likely N-dealkylation sites (tertiary alicyclic amines) is 2. The van der Waals surface area contributed by atoms with Crippen molar-refractivity contribution >= 4 is 21.7 Å². The van der Waals surface area contributed by atoms with E-state index in [-0.39, 0.29) is 41.9 Å². The van der Waals surface area contributed by atoms with Gasteiger partial charge in [0.1, 0.15) is 9.84 Å². The molecule has 0 bridgehead atoms. The molecule has 0 N–H and O–H groups in total. The lowest BCUT2D eigenvalue weighted by Gasteiger charge is -2.40. The zero-order valence-corrected chi connectivity index (χ0v) is 15.0. The third kappa shape index (κ3) is 3.91. The molecular weight excluding hydrogens is 332 g/mol. The van der Waals surface area contributed by atoms with Gasteiger partial charge in [-0.1, -0.05) is 0 Å². The summed E-state index contributed by atoms with van der Waals surface area (Å²) in [5.41, 5.74) is 0. The largest absolute Gasteiger partial charge is 0.376 e. The Kier molecular flexibility index (Phi) is 5.15. The number of carbonyl (C=O) groups excluding carboxylic acids is 2. The van der Waals surface area contributed by atoms with Crippen molar-refractivity contribution in [1.82, 2.24) is 9.80 Å². The maximum absolute atomic E-state index is 12.9. The molecule has 3 heterocycles. The second kappa shape index (κ2) is 7.00. The van der Waals surface area contributed by atoms with Gasteiger partial charge in [0, 0.05) is 51.4 Å². The monoisotopic (exact) mass is 358 g/mol. The van der Waals surface area contributed by atoms with Crippen LogP contribution < -0.4 is 0 Å². The smallest absolute Gasteiger partial charge is 0.227 e. The number of rotatable bonds is 4. The van der Waals surface area contributed by atoms with Gasteiger partial charge in [0.15, 0.2) is 0 Å². The quantitative estimate of drug-likeness (QED) is 0.701. The molecule has 136 valence electrons. The highest BCUT2D eigenvalue weighted by molar-refractivity contribution is 7.90. The second-order valence-corrected chi connectivity index (χ2v) is 9.44. The number of hydrogen-bond acceptors (Lipinski definition) is 5. The summed E-state index contributed by atoms with van der Waals surface area (Å²) in [6.45, 7) is 3.09. The second-order valence-electron chi connectivity index (χ2n) is 7.18. The predicted molar refractivity (Wildman–Crippen MR) is 88.1 cm³/mol. The maximum atomic E-state index is 12.9. The summed E-state index contributed by atoms with van der Waals surface area (Å²) in [4.78, 5) is 28.8. The molecular formula is C16H26N2O5S. The summed E-state index contributed by atoms with van der Waals surface area (Å²) >= 11 is 0. The third-order valence-electron chi connectivity index (χ3n) is 5.37. The van der Waals surface area contributed by atoms with Gasteiger partial charge in [0.25, 0.3) is 0 Å². The van der Waals surface area contributed by atoms with Crippen LogP contribution in [0.1, 0.15) is 25.7 Å². The van der Waals surface area contributed by atoms with Crippen LogP contribution in [0.25, 0.3) is 0 Å². The van der Waals surface area contributed by atoms with Crippen molar-refractivity contribution < 1.29 is 22.7 Å². The summed E-state index contributed by atoms with van der Waals surface area (Å²) in [6.07, 6.45) is 3.95. The molecule has 3 fully saturated rings. The normalized spacial score (nSPS) is 30.5. The summed E-state index contributed by atoms with van der Waals surface area (Å²) in [6, 6.07) is 0. The predicted octanol–water partition coefficient (Wildman–Crippen LogP) is -0.0930. The first kappa shape index (κ1) is 17.7. The molecule has 3 aliphatic heterocycles. The van der Waals surface area contributed by atoms with E-state index in [4.69, 9.17) is 4.74 Å². The average Bonchev–Trinajstić information content (AvgIpc) is 3.20. The Morgan fingerprint density at radius 3 is 2.50 bits per heavy atom. The molecule has 0 aromatic carbocycles. The van der Waals surface area contributed by atoms with Gasteiger partial charge in [0.2, 0.25) is 11.8 Å². The van der Waals surface area contributed by atoms with Gasteiger partial charge in [-0.2, -0.15) is 0 Å². The van der Waals surface area contributed by atoms with Crippen molar-refractivity contribution in [1.29, 1.82) is 0 Å². The first-order chi connectivity index (χ1) is 11.3. The Bertz CT molecular complexity index is 600. The van der Waals surface area contributed by atoms with Crippen LogP contribution in [0.2, 0.25) is 0 Å². The van der Waals surface area contributed by atoms with Crippen LogP contribution in [-0.4, -0.2) is 80.9 Å². The fraction of sp³-hybridized carbons (Fsp3) is 0.875. The number of fused-ring (bicyclic) bond motifs is 1. The molecule has 3 saturated heterocycles. The molecule has 2 amide bonds. The van der Waals surface area contributed by atoms with Crippen LogP contribution in [0.15, 0.2) is 0 Å². The number of amides is 2. The van der Waals surface area contributed by atoms with Gasteiger partial charge in [-0.25, -0.2) is 8.42 Å². The highest BCUT2D eigenvalue weighted by atomic mass is 32.2. The molecule has 3 aliphatic rings. The molecule has 3 atom stereocenters. The van der Waals surface area contributed by atoms with Crippen molar-refractivity contribution in [3.05, 3.63) is 0 Å². The molecule has 0 unspecified atom stereocenters. The van der Waals surface area contributed by atoms with Crippen LogP contribution in [0.5, 0.6) is 0 Å². The number of carbonyl (C=O) groups is 2. The van der Waals surface area contributed by atoms with Crippen molar-refractivity contribution in [3.8, 4) is 0 Å². The Labute approximate surface area is 143 Å². The molecule has 3 rings (SSSR count). The lowest BCUT2D eigenvalue weighted by molar-refractivity contribution is -0.146. The van der Waals surface area contributed by atoms with E-state index in [9.17, 15) is 18.0 Å². The number of sulfone groups is 1. The standard InChI is InChI=1S/C16H26N2O5S/c1-24(21,22)9-5-15(19)18-10-13(12-4-8-23-14(12)11-18)16(20)17-6-2-3-7-17/h12-14H,2-11H2,1H3/t12-,13+,14+/m0/s1. The molecule has 0 aliphatic carbocycles. The minimum Gasteiger partial charge on any atom is -0.376 e. The minimum absolute atomic E-state index is 0.0269. The van der Waals surface area contributed by atoms with Crippen molar-refractivity contribution in [2.24, 2.45) is 11.8 Å². The molecule has 0 aromatic heterocycles. The third-order valence-corrected chi connectivity index (χ3v) is 6.31. The van der Waals surface area contributed by atoms with Crippen LogP contribution in [0.4, 0.5) is 0 Å². The van der Waals surface area contributed by atoms with E-state index < -0.39 is 9.84 Å². The first-order valence-corrected chi connectivity index (χ1v) is 10.8. The SMILES string of the molecule is CS(=O)(=O)CCC(=O)N1C[C@H]2OCC[C@H]2[C@H](C(=O)N2CCCC2)C1. The highest BCUT2D eigenvalue weighted by Crippen LogP contribution is 2.35. The minimum atomic E-state index is -3.17. The zero-order chi connectivity index (χ0) is 17.3. The summed E-state index contributed by atoms with van der Waals surface area (Å²) < 4.78 is 28.3. The lowest BCUT2D eigenvalue weighted by atomic mass is 9.81. The Balaban J connectivity index is 1.68. The van der Waals surface area contributed by atoms with E-state index in [2.05, 4.69) is 0 Å². The molecule has 0 radical (unpaired) electrons. The van der Waals surface area contributed by atoms with E-state index in [0.717, 1.165) is 38.6 Å². The van der Waals surface area contributed by atoms with Gasteiger partial charge in [-0.3, -0.25) is 9.59 Å². The molecule has 0 spiro atoms. The Morgan fingerprint density at radius 2 is 1.83 bits per heavy atom. The first-order valence-electron chi connectivity index (χ1n) is 8.71. The van der Waals surface area contributed by atoms with Gasteiger partial charge < -0.3 is 14.5 Å². The van der Waals surface area contributed by atoms with Gasteiger partial charge in [-0.05, 0) is 19.3 Å². The number of hydrogen-bond donors (Lipinski definition) is 0. The molecule has 0 aromatic rings. The number of ether oxygens (including phenoxy) is 1. The zero-order valence-electron chi connectivity index (χ0n) is 14.1. The maximum Gasteiger partial charge on any atom is 0.227 e. The van der Waals surface area contributed by atoms with Gasteiger partial charge in [0.05, 0.1) is 17.8 Å². The van der Waals surface area contributed by atoms with Gasteiger partial charge in [-0.15, -0.1) is 0 Å². The fourth-order valence-electron chi connectivity index (χ4n) is 4.05. The molecule has 7 nitrogen and oxygen atoms in total. The van der Waals surface area contributed by atoms with E-state index in [0.29, 0.717) is 19.7 Å². The topological polar surface area (TPSA) is 84.0 Å². The molecule has 24 heavy (non-hydrogen) atoms.